The first kappa shape index (κ1) is 16.3. The average molecular weight is 326 g/mol. The molecule has 1 unspecified atom stereocenters. The monoisotopic (exact) mass is 326 g/mol. The Morgan fingerprint density at radius 1 is 1.25 bits per heavy atom. The molecule has 0 aliphatic heterocycles. The molecule has 3 atom stereocenters. The van der Waals surface area contributed by atoms with Crippen LogP contribution in [0.2, 0.25) is 0 Å². The Balaban J connectivity index is 1.56. The van der Waals surface area contributed by atoms with E-state index in [9.17, 15) is 10.0 Å². The Morgan fingerprint density at radius 3 is 2.54 bits per heavy atom. The summed E-state index contributed by atoms with van der Waals surface area (Å²) in [6.45, 7) is 2.31. The summed E-state index contributed by atoms with van der Waals surface area (Å²) in [5.41, 5.74) is 7.36. The van der Waals surface area contributed by atoms with Gasteiger partial charge in [-0.2, -0.15) is 0 Å². The second-order valence-electron chi connectivity index (χ2n) is 6.26. The van der Waals surface area contributed by atoms with E-state index in [0.29, 0.717) is 11.0 Å². The van der Waals surface area contributed by atoms with Gasteiger partial charge >= 0.3 is 6.03 Å². The van der Waals surface area contributed by atoms with Gasteiger partial charge < -0.3 is 10.5 Å². The van der Waals surface area contributed by atoms with E-state index in [2.05, 4.69) is 0 Å². The molecule has 1 saturated carbocycles. The van der Waals surface area contributed by atoms with Crippen molar-refractivity contribution >= 4 is 6.03 Å². The zero-order valence-electron chi connectivity index (χ0n) is 13.6. The number of hydrogen-bond donors (Lipinski definition) is 2. The fraction of sp³-hybridized carbons (Fsp3) is 0.316. The van der Waals surface area contributed by atoms with Crippen molar-refractivity contribution in [1.29, 1.82) is 0 Å². The molecule has 3 N–H and O–H groups in total. The number of rotatable bonds is 6. The highest BCUT2D eigenvalue weighted by molar-refractivity contribution is 5.70. The number of primary amides is 1. The molecule has 2 amide bonds. The van der Waals surface area contributed by atoms with Crippen LogP contribution in [0.5, 0.6) is 5.75 Å². The fourth-order valence-electron chi connectivity index (χ4n) is 2.96. The van der Waals surface area contributed by atoms with Gasteiger partial charge in [0.15, 0.2) is 0 Å². The molecule has 0 radical (unpaired) electrons. The summed E-state index contributed by atoms with van der Waals surface area (Å²) in [5.74, 6) is 1.45. The van der Waals surface area contributed by atoms with Gasteiger partial charge in [0.05, 0.1) is 6.54 Å². The summed E-state index contributed by atoms with van der Waals surface area (Å²) in [4.78, 5) is 10.9. The maximum atomic E-state index is 10.9. The lowest BCUT2D eigenvalue weighted by Gasteiger charge is -2.15. The molecule has 1 aliphatic carbocycles. The first-order valence-electron chi connectivity index (χ1n) is 8.12. The summed E-state index contributed by atoms with van der Waals surface area (Å²) in [6, 6.07) is 17.3. The molecular weight excluding hydrogens is 304 g/mol. The number of benzene rings is 2. The number of nitrogens with zero attached hydrogens (tertiary/aromatic N) is 1. The summed E-state index contributed by atoms with van der Waals surface area (Å²) in [7, 11) is 0. The van der Waals surface area contributed by atoms with E-state index in [1.54, 1.807) is 0 Å². The van der Waals surface area contributed by atoms with E-state index >= 15 is 0 Å². The second kappa shape index (κ2) is 6.93. The molecule has 5 nitrogen and oxygen atoms in total. The minimum Gasteiger partial charge on any atom is -0.486 e. The molecule has 0 aromatic heterocycles. The van der Waals surface area contributed by atoms with Crippen LogP contribution in [0.25, 0.3) is 0 Å². The topological polar surface area (TPSA) is 75.8 Å². The van der Waals surface area contributed by atoms with Crippen molar-refractivity contribution in [2.75, 3.05) is 6.54 Å². The molecule has 1 fully saturated rings. The van der Waals surface area contributed by atoms with E-state index in [-0.39, 0.29) is 18.6 Å². The molecule has 0 bridgehead atoms. The molecule has 1 aliphatic rings. The van der Waals surface area contributed by atoms with Crippen LogP contribution in [0, 0.1) is 5.92 Å². The van der Waals surface area contributed by atoms with Gasteiger partial charge in [-0.3, -0.25) is 5.21 Å². The van der Waals surface area contributed by atoms with E-state index in [0.717, 1.165) is 17.7 Å². The molecule has 0 saturated heterocycles. The third-order valence-corrected chi connectivity index (χ3v) is 4.47. The number of carbonyl (C=O) groups is 1. The van der Waals surface area contributed by atoms with Crippen molar-refractivity contribution in [2.24, 2.45) is 11.7 Å². The summed E-state index contributed by atoms with van der Waals surface area (Å²) < 4.78 is 5.97. The Kier molecular flexibility index (Phi) is 4.71. The van der Waals surface area contributed by atoms with Gasteiger partial charge in [0.25, 0.3) is 0 Å². The Labute approximate surface area is 141 Å². The minimum absolute atomic E-state index is 0.00997. The van der Waals surface area contributed by atoms with Crippen LogP contribution in [-0.4, -0.2) is 22.8 Å². The van der Waals surface area contributed by atoms with E-state index in [1.807, 2.05) is 61.5 Å². The van der Waals surface area contributed by atoms with Crippen molar-refractivity contribution in [3.05, 3.63) is 65.7 Å². The van der Waals surface area contributed by atoms with Gasteiger partial charge in [-0.1, -0.05) is 42.5 Å². The first-order valence-corrected chi connectivity index (χ1v) is 8.12. The standard InChI is InChI=1S/C19H22N2O3/c1-13(14-5-3-2-4-6-14)24-17-9-7-15(8-10-17)18-11-16(18)12-21(23)19(20)22/h2-10,13,16,18,23H,11-12H2,1H3,(H2,20,22)/t13?,16-,18-/m0/s1. The highest BCUT2D eigenvalue weighted by Gasteiger charge is 2.39. The third-order valence-electron chi connectivity index (χ3n) is 4.47. The van der Waals surface area contributed by atoms with Crippen LogP contribution in [0.4, 0.5) is 4.79 Å². The highest BCUT2D eigenvalue weighted by Crippen LogP contribution is 2.48. The predicted molar refractivity (Wildman–Crippen MR) is 90.9 cm³/mol. The largest absolute Gasteiger partial charge is 0.486 e. The predicted octanol–water partition coefficient (Wildman–Crippen LogP) is 3.70. The number of hydrogen-bond acceptors (Lipinski definition) is 3. The molecule has 0 spiro atoms. The lowest BCUT2D eigenvalue weighted by Crippen LogP contribution is -2.34. The molecule has 126 valence electrons. The van der Waals surface area contributed by atoms with Crippen molar-refractivity contribution in [3.63, 3.8) is 0 Å². The molecule has 2 aromatic carbocycles. The smallest absolute Gasteiger partial charge is 0.338 e. The molecule has 2 aromatic rings. The molecule has 3 rings (SSSR count). The van der Waals surface area contributed by atoms with Crippen LogP contribution < -0.4 is 10.5 Å². The van der Waals surface area contributed by atoms with Gasteiger partial charge in [-0.25, -0.2) is 9.86 Å². The van der Waals surface area contributed by atoms with Crippen LogP contribution in [-0.2, 0) is 0 Å². The van der Waals surface area contributed by atoms with Crippen LogP contribution >= 0.6 is 0 Å². The Morgan fingerprint density at radius 2 is 1.92 bits per heavy atom. The van der Waals surface area contributed by atoms with Gasteiger partial charge in [-0.15, -0.1) is 0 Å². The van der Waals surface area contributed by atoms with Gasteiger partial charge in [0.1, 0.15) is 11.9 Å². The van der Waals surface area contributed by atoms with Crippen molar-refractivity contribution in [3.8, 4) is 5.75 Å². The number of amides is 2. The lowest BCUT2D eigenvalue weighted by molar-refractivity contribution is -0.0431. The average Bonchev–Trinajstić information content (AvgIpc) is 3.35. The maximum Gasteiger partial charge on any atom is 0.338 e. The normalized spacial score (nSPS) is 20.2. The fourth-order valence-corrected chi connectivity index (χ4v) is 2.96. The Hall–Kier alpha value is -2.53. The molecular formula is C19H22N2O3. The third kappa shape index (κ3) is 3.86. The molecule has 0 heterocycles. The first-order chi connectivity index (χ1) is 11.5. The van der Waals surface area contributed by atoms with Crippen LogP contribution in [0.15, 0.2) is 54.6 Å². The lowest BCUT2D eigenvalue weighted by atomic mass is 10.1. The van der Waals surface area contributed by atoms with Gasteiger partial charge in [0.2, 0.25) is 0 Å². The second-order valence-corrected chi connectivity index (χ2v) is 6.26. The highest BCUT2D eigenvalue weighted by atomic mass is 16.5. The van der Waals surface area contributed by atoms with Gasteiger partial charge in [0, 0.05) is 0 Å². The van der Waals surface area contributed by atoms with Gasteiger partial charge in [-0.05, 0) is 48.4 Å². The number of carbonyl (C=O) groups excluding carboxylic acids is 1. The molecule has 5 heteroatoms. The zero-order chi connectivity index (χ0) is 17.1. The quantitative estimate of drug-likeness (QED) is 0.628. The van der Waals surface area contributed by atoms with Crippen LogP contribution in [0.1, 0.15) is 36.5 Å². The van der Waals surface area contributed by atoms with E-state index in [4.69, 9.17) is 10.5 Å². The van der Waals surface area contributed by atoms with E-state index in [1.165, 1.54) is 5.56 Å². The summed E-state index contributed by atoms with van der Waals surface area (Å²) in [5, 5.41) is 9.98. The molecule has 24 heavy (non-hydrogen) atoms. The van der Waals surface area contributed by atoms with E-state index < -0.39 is 6.03 Å². The SMILES string of the molecule is CC(Oc1ccc([C@@H]2C[C@H]2CN(O)C(N)=O)cc1)c1ccccc1. The number of ether oxygens (including phenoxy) is 1. The maximum absolute atomic E-state index is 10.9. The number of nitrogens with two attached hydrogens (primary N) is 1. The number of urea groups is 1. The minimum atomic E-state index is -0.806. The van der Waals surface area contributed by atoms with Crippen molar-refractivity contribution < 1.29 is 14.7 Å². The number of hydroxylamine groups is 2. The Bertz CT molecular complexity index is 688. The summed E-state index contributed by atoms with van der Waals surface area (Å²) in [6.07, 6.45) is 0.939. The summed E-state index contributed by atoms with van der Waals surface area (Å²) >= 11 is 0. The van der Waals surface area contributed by atoms with Crippen molar-refractivity contribution in [1.82, 2.24) is 5.06 Å². The van der Waals surface area contributed by atoms with Crippen LogP contribution in [0.3, 0.4) is 0 Å². The van der Waals surface area contributed by atoms with Crippen molar-refractivity contribution in [2.45, 2.75) is 25.4 Å². The zero-order valence-corrected chi connectivity index (χ0v) is 13.6.